The maximum atomic E-state index is 12.1. The first kappa shape index (κ1) is 17.0. The zero-order chi connectivity index (χ0) is 17.5. The number of hydrogen-bond donors (Lipinski definition) is 1. The molecule has 1 N–H and O–H groups in total. The summed E-state index contributed by atoms with van der Waals surface area (Å²) in [6.45, 7) is 6.82. The highest BCUT2D eigenvalue weighted by molar-refractivity contribution is 5.88. The monoisotopic (exact) mass is 330 g/mol. The Balaban J connectivity index is 1.73. The number of carbonyl (C=O) groups excluding carboxylic acids is 1. The normalized spacial score (nSPS) is 23.9. The van der Waals surface area contributed by atoms with Crippen LogP contribution in [0.1, 0.15) is 36.0 Å². The van der Waals surface area contributed by atoms with Crippen LogP contribution in [0.2, 0.25) is 0 Å². The molecule has 24 heavy (non-hydrogen) atoms. The molecule has 1 aromatic carbocycles. The molecular formula is C19H26N2O3. The fraction of sp³-hybridized carbons (Fsp3) is 0.579. The predicted molar refractivity (Wildman–Crippen MR) is 91.7 cm³/mol. The Morgan fingerprint density at radius 2 is 1.83 bits per heavy atom. The second-order valence-corrected chi connectivity index (χ2v) is 7.30. The third-order valence-electron chi connectivity index (χ3n) is 6.12. The van der Waals surface area contributed by atoms with Crippen molar-refractivity contribution >= 4 is 11.9 Å². The second-order valence-electron chi connectivity index (χ2n) is 7.30. The zero-order valence-electron chi connectivity index (χ0n) is 14.7. The van der Waals surface area contributed by atoms with E-state index in [0.29, 0.717) is 0 Å². The lowest BCUT2D eigenvalue weighted by atomic mass is 9.77. The molecule has 0 saturated carbocycles. The van der Waals surface area contributed by atoms with Gasteiger partial charge in [0, 0.05) is 33.1 Å². The van der Waals surface area contributed by atoms with Gasteiger partial charge in [-0.25, -0.2) is 0 Å². The Hall–Kier alpha value is -1.88. The molecule has 2 fully saturated rings. The molecule has 3 rings (SSSR count). The summed E-state index contributed by atoms with van der Waals surface area (Å²) in [6.07, 6.45) is 1.61. The number of hydrogen-bond acceptors (Lipinski definition) is 3. The average Bonchev–Trinajstić information content (AvgIpc) is 2.78. The lowest BCUT2D eigenvalue weighted by Crippen LogP contribution is -2.56. The van der Waals surface area contributed by atoms with Crippen LogP contribution >= 0.6 is 0 Å². The average molecular weight is 330 g/mol. The number of rotatable bonds is 3. The van der Waals surface area contributed by atoms with Crippen LogP contribution < -0.4 is 0 Å². The van der Waals surface area contributed by atoms with Crippen LogP contribution in [0.4, 0.5) is 0 Å². The summed E-state index contributed by atoms with van der Waals surface area (Å²) < 4.78 is 0. The molecule has 0 aliphatic carbocycles. The van der Waals surface area contributed by atoms with Crippen molar-refractivity contribution in [2.24, 2.45) is 5.92 Å². The maximum Gasteiger partial charge on any atom is 0.309 e. The van der Waals surface area contributed by atoms with Crippen molar-refractivity contribution in [3.8, 4) is 0 Å². The first-order valence-corrected chi connectivity index (χ1v) is 8.62. The number of benzene rings is 1. The highest BCUT2D eigenvalue weighted by Crippen LogP contribution is 2.43. The summed E-state index contributed by atoms with van der Waals surface area (Å²) in [5.74, 6) is -1.45. The molecule has 130 valence electrons. The van der Waals surface area contributed by atoms with E-state index in [2.05, 4.69) is 36.9 Å². The first-order valence-electron chi connectivity index (χ1n) is 8.62. The van der Waals surface area contributed by atoms with Crippen LogP contribution in [-0.4, -0.2) is 52.5 Å². The number of amides is 1. The third-order valence-corrected chi connectivity index (χ3v) is 6.12. The minimum atomic E-state index is -0.837. The van der Waals surface area contributed by atoms with E-state index < -0.39 is 17.4 Å². The first-order chi connectivity index (χ1) is 11.3. The zero-order valence-corrected chi connectivity index (χ0v) is 14.7. The van der Waals surface area contributed by atoms with Gasteiger partial charge in [-0.2, -0.15) is 0 Å². The number of piperidine rings is 1. The van der Waals surface area contributed by atoms with E-state index in [1.54, 1.807) is 11.9 Å². The standard InChI is InChI=1S/C19H26N2O3/c1-13-5-4-6-14(2)15(13)12-21-9-7-19(8-10-21)16(18(23)24)11-17(22)20(19)3/h4-6,16H,7-12H2,1-3H3,(H,23,24)/t16-/m0/s1. The van der Waals surface area contributed by atoms with E-state index in [4.69, 9.17) is 0 Å². The van der Waals surface area contributed by atoms with Crippen LogP contribution in [-0.2, 0) is 16.1 Å². The van der Waals surface area contributed by atoms with Gasteiger partial charge in [0.05, 0.1) is 11.5 Å². The molecule has 5 heteroatoms. The van der Waals surface area contributed by atoms with Crippen molar-refractivity contribution in [2.45, 2.75) is 45.2 Å². The number of aliphatic carboxylic acids is 1. The molecule has 1 atom stereocenters. The molecule has 0 radical (unpaired) electrons. The van der Waals surface area contributed by atoms with Crippen LogP contribution in [0.5, 0.6) is 0 Å². The number of likely N-dealkylation sites (tertiary alicyclic amines) is 2. The van der Waals surface area contributed by atoms with Gasteiger partial charge in [0.1, 0.15) is 0 Å². The maximum absolute atomic E-state index is 12.1. The summed E-state index contributed by atoms with van der Waals surface area (Å²) in [5.41, 5.74) is 3.46. The van der Waals surface area contributed by atoms with Crippen LogP contribution in [0.25, 0.3) is 0 Å². The molecule has 2 heterocycles. The van der Waals surface area contributed by atoms with E-state index in [1.165, 1.54) is 16.7 Å². The largest absolute Gasteiger partial charge is 0.481 e. The number of carboxylic acids is 1. The second kappa shape index (κ2) is 6.20. The van der Waals surface area contributed by atoms with Crippen LogP contribution in [0, 0.1) is 19.8 Å². The summed E-state index contributed by atoms with van der Waals surface area (Å²) >= 11 is 0. The Morgan fingerprint density at radius 3 is 2.38 bits per heavy atom. The van der Waals surface area contributed by atoms with Gasteiger partial charge in [-0.15, -0.1) is 0 Å². The van der Waals surface area contributed by atoms with Crippen LogP contribution in [0.15, 0.2) is 18.2 Å². The Kier molecular flexibility index (Phi) is 4.38. The van der Waals surface area contributed by atoms with Crippen molar-refractivity contribution in [3.63, 3.8) is 0 Å². The summed E-state index contributed by atoms with van der Waals surface area (Å²) in [6, 6.07) is 6.35. The van der Waals surface area contributed by atoms with Gasteiger partial charge in [-0.1, -0.05) is 18.2 Å². The number of aryl methyl sites for hydroxylation is 2. The molecule has 0 unspecified atom stereocenters. The van der Waals surface area contributed by atoms with E-state index in [-0.39, 0.29) is 12.3 Å². The number of carboxylic acid groups (broad SMARTS) is 1. The van der Waals surface area contributed by atoms with Crippen molar-refractivity contribution in [1.29, 1.82) is 0 Å². The Labute approximate surface area is 143 Å². The summed E-state index contributed by atoms with van der Waals surface area (Å²) in [7, 11) is 1.77. The molecule has 1 amide bonds. The van der Waals surface area contributed by atoms with E-state index in [0.717, 1.165) is 32.5 Å². The molecule has 1 aromatic rings. The molecular weight excluding hydrogens is 304 g/mol. The Bertz CT molecular complexity index is 642. The third kappa shape index (κ3) is 2.71. The minimum absolute atomic E-state index is 0.0365. The molecule has 0 aromatic heterocycles. The smallest absolute Gasteiger partial charge is 0.309 e. The van der Waals surface area contributed by atoms with Gasteiger partial charge in [0.25, 0.3) is 0 Å². The van der Waals surface area contributed by atoms with Gasteiger partial charge in [-0.3, -0.25) is 14.5 Å². The fourth-order valence-electron chi connectivity index (χ4n) is 4.41. The molecule has 2 aliphatic rings. The van der Waals surface area contributed by atoms with Crippen molar-refractivity contribution < 1.29 is 14.7 Å². The topological polar surface area (TPSA) is 60.9 Å². The lowest BCUT2D eigenvalue weighted by molar-refractivity contribution is -0.146. The van der Waals surface area contributed by atoms with E-state index in [1.807, 2.05) is 0 Å². The quantitative estimate of drug-likeness (QED) is 0.923. The highest BCUT2D eigenvalue weighted by Gasteiger charge is 2.55. The van der Waals surface area contributed by atoms with Gasteiger partial charge >= 0.3 is 5.97 Å². The van der Waals surface area contributed by atoms with Crippen molar-refractivity contribution in [2.75, 3.05) is 20.1 Å². The molecule has 5 nitrogen and oxygen atoms in total. The van der Waals surface area contributed by atoms with E-state index >= 15 is 0 Å². The number of nitrogens with zero attached hydrogens (tertiary/aromatic N) is 2. The summed E-state index contributed by atoms with van der Waals surface area (Å²) in [4.78, 5) is 27.8. The van der Waals surface area contributed by atoms with Gasteiger partial charge in [0.15, 0.2) is 0 Å². The SMILES string of the molecule is Cc1cccc(C)c1CN1CCC2(CC1)[C@H](C(=O)O)CC(=O)N2C. The molecule has 2 aliphatic heterocycles. The van der Waals surface area contributed by atoms with Gasteiger partial charge < -0.3 is 10.0 Å². The van der Waals surface area contributed by atoms with Gasteiger partial charge in [-0.05, 0) is 43.4 Å². The lowest BCUT2D eigenvalue weighted by Gasteiger charge is -2.45. The van der Waals surface area contributed by atoms with Crippen molar-refractivity contribution in [3.05, 3.63) is 34.9 Å². The van der Waals surface area contributed by atoms with E-state index in [9.17, 15) is 14.7 Å². The van der Waals surface area contributed by atoms with Gasteiger partial charge in [0.2, 0.25) is 5.91 Å². The molecule has 0 bridgehead atoms. The predicted octanol–water partition coefficient (Wildman–Crippen LogP) is 2.20. The summed E-state index contributed by atoms with van der Waals surface area (Å²) in [5, 5.41) is 9.55. The fourth-order valence-corrected chi connectivity index (χ4v) is 4.41. The van der Waals surface area contributed by atoms with Crippen LogP contribution in [0.3, 0.4) is 0 Å². The minimum Gasteiger partial charge on any atom is -0.481 e. The highest BCUT2D eigenvalue weighted by atomic mass is 16.4. The van der Waals surface area contributed by atoms with Crippen molar-refractivity contribution in [1.82, 2.24) is 9.80 Å². The molecule has 2 saturated heterocycles. The molecule has 1 spiro atoms. The Morgan fingerprint density at radius 1 is 1.25 bits per heavy atom. The number of carbonyl (C=O) groups is 2.